The standard InChI is InChI=1S/C12H19N3O2/c13-7-12-10-8-17-6-3-11(10)14-15(12)9-1-4-16-5-2-9/h9H,1-8,13H2. The van der Waals surface area contributed by atoms with Crippen molar-refractivity contribution in [2.45, 2.75) is 38.5 Å². The topological polar surface area (TPSA) is 62.3 Å². The molecular weight excluding hydrogens is 218 g/mol. The quantitative estimate of drug-likeness (QED) is 0.825. The third-order valence-electron chi connectivity index (χ3n) is 3.66. The lowest BCUT2D eigenvalue weighted by molar-refractivity contribution is 0.0653. The van der Waals surface area contributed by atoms with Gasteiger partial charge in [-0.3, -0.25) is 4.68 Å². The summed E-state index contributed by atoms with van der Waals surface area (Å²) in [5.74, 6) is 0. The highest BCUT2D eigenvalue weighted by atomic mass is 16.5. The summed E-state index contributed by atoms with van der Waals surface area (Å²) in [6.07, 6.45) is 2.99. The van der Waals surface area contributed by atoms with Gasteiger partial charge in [-0.05, 0) is 12.8 Å². The summed E-state index contributed by atoms with van der Waals surface area (Å²) in [7, 11) is 0. The van der Waals surface area contributed by atoms with E-state index in [1.807, 2.05) is 0 Å². The van der Waals surface area contributed by atoms with E-state index < -0.39 is 0 Å². The number of ether oxygens (including phenoxy) is 2. The lowest BCUT2D eigenvalue weighted by Gasteiger charge is -2.24. The van der Waals surface area contributed by atoms with Crippen molar-refractivity contribution >= 4 is 0 Å². The number of nitrogens with zero attached hydrogens (tertiary/aromatic N) is 2. The predicted octanol–water partition coefficient (Wildman–Crippen LogP) is 0.766. The van der Waals surface area contributed by atoms with Gasteiger partial charge in [0.05, 0.1) is 30.6 Å². The lowest BCUT2D eigenvalue weighted by atomic mass is 10.1. The first-order valence-electron chi connectivity index (χ1n) is 6.35. The Morgan fingerprint density at radius 2 is 2.06 bits per heavy atom. The molecule has 0 aliphatic carbocycles. The highest BCUT2D eigenvalue weighted by molar-refractivity contribution is 5.28. The van der Waals surface area contributed by atoms with E-state index in [2.05, 4.69) is 4.68 Å². The molecule has 0 bridgehead atoms. The van der Waals surface area contributed by atoms with Gasteiger partial charge in [-0.1, -0.05) is 0 Å². The van der Waals surface area contributed by atoms with Gasteiger partial charge in [0.15, 0.2) is 0 Å². The molecule has 0 amide bonds. The third kappa shape index (κ3) is 1.99. The fraction of sp³-hybridized carbons (Fsp3) is 0.750. The summed E-state index contributed by atoms with van der Waals surface area (Å²) in [5.41, 5.74) is 9.45. The Morgan fingerprint density at radius 1 is 1.24 bits per heavy atom. The van der Waals surface area contributed by atoms with Crippen LogP contribution in [-0.2, 0) is 29.0 Å². The summed E-state index contributed by atoms with van der Waals surface area (Å²) < 4.78 is 13.0. The summed E-state index contributed by atoms with van der Waals surface area (Å²) in [4.78, 5) is 0. The van der Waals surface area contributed by atoms with Crippen molar-refractivity contribution in [3.8, 4) is 0 Å². The van der Waals surface area contributed by atoms with Crippen molar-refractivity contribution < 1.29 is 9.47 Å². The highest BCUT2D eigenvalue weighted by Crippen LogP contribution is 2.27. The molecule has 1 aromatic rings. The average Bonchev–Trinajstić information content (AvgIpc) is 2.78. The fourth-order valence-electron chi connectivity index (χ4n) is 2.71. The van der Waals surface area contributed by atoms with Gasteiger partial charge in [0.25, 0.3) is 0 Å². The number of fused-ring (bicyclic) bond motifs is 1. The maximum absolute atomic E-state index is 5.88. The van der Waals surface area contributed by atoms with Crippen LogP contribution in [0.15, 0.2) is 0 Å². The molecule has 1 aromatic heterocycles. The number of rotatable bonds is 2. The van der Waals surface area contributed by atoms with E-state index in [0.717, 1.165) is 44.8 Å². The van der Waals surface area contributed by atoms with Crippen molar-refractivity contribution in [3.63, 3.8) is 0 Å². The molecule has 2 N–H and O–H groups in total. The molecule has 2 aliphatic rings. The van der Waals surface area contributed by atoms with Crippen LogP contribution < -0.4 is 5.73 Å². The summed E-state index contributed by atoms with van der Waals surface area (Å²) in [5, 5.41) is 4.75. The monoisotopic (exact) mass is 237 g/mol. The molecule has 0 atom stereocenters. The molecule has 0 saturated carbocycles. The summed E-state index contributed by atoms with van der Waals surface area (Å²) >= 11 is 0. The van der Waals surface area contributed by atoms with Gasteiger partial charge in [-0.15, -0.1) is 0 Å². The molecule has 3 rings (SSSR count). The lowest BCUT2D eigenvalue weighted by Crippen LogP contribution is -2.23. The van der Waals surface area contributed by atoms with Crippen molar-refractivity contribution in [1.82, 2.24) is 9.78 Å². The van der Waals surface area contributed by atoms with Gasteiger partial charge in [0.2, 0.25) is 0 Å². The zero-order valence-corrected chi connectivity index (χ0v) is 10.0. The minimum absolute atomic E-state index is 0.452. The molecule has 1 saturated heterocycles. The minimum Gasteiger partial charge on any atom is -0.381 e. The van der Waals surface area contributed by atoms with E-state index in [-0.39, 0.29) is 0 Å². The Bertz CT molecular complexity index is 397. The molecule has 0 aromatic carbocycles. The zero-order valence-electron chi connectivity index (χ0n) is 10.0. The smallest absolute Gasteiger partial charge is 0.0753 e. The molecule has 0 unspecified atom stereocenters. The maximum Gasteiger partial charge on any atom is 0.0753 e. The van der Waals surface area contributed by atoms with Crippen LogP contribution in [0.25, 0.3) is 0 Å². The largest absolute Gasteiger partial charge is 0.381 e. The molecule has 3 heterocycles. The van der Waals surface area contributed by atoms with E-state index in [4.69, 9.17) is 20.3 Å². The number of nitrogens with two attached hydrogens (primary N) is 1. The van der Waals surface area contributed by atoms with Crippen molar-refractivity contribution in [1.29, 1.82) is 0 Å². The van der Waals surface area contributed by atoms with Gasteiger partial charge in [-0.25, -0.2) is 0 Å². The Kier molecular flexibility index (Phi) is 3.13. The van der Waals surface area contributed by atoms with E-state index in [1.54, 1.807) is 0 Å². The highest BCUT2D eigenvalue weighted by Gasteiger charge is 2.25. The van der Waals surface area contributed by atoms with Gasteiger partial charge in [-0.2, -0.15) is 5.10 Å². The predicted molar refractivity (Wildman–Crippen MR) is 62.6 cm³/mol. The van der Waals surface area contributed by atoms with Gasteiger partial charge in [0.1, 0.15) is 0 Å². The number of hydrogen-bond donors (Lipinski definition) is 1. The van der Waals surface area contributed by atoms with Crippen LogP contribution in [-0.4, -0.2) is 29.6 Å². The van der Waals surface area contributed by atoms with Crippen molar-refractivity contribution in [2.75, 3.05) is 19.8 Å². The SMILES string of the molecule is NCc1c2c(nn1C1CCOCC1)CCOC2. The maximum atomic E-state index is 5.88. The van der Waals surface area contributed by atoms with Crippen molar-refractivity contribution in [3.05, 3.63) is 17.0 Å². The van der Waals surface area contributed by atoms with Crippen LogP contribution in [0, 0.1) is 0 Å². The van der Waals surface area contributed by atoms with Gasteiger partial charge >= 0.3 is 0 Å². The van der Waals surface area contributed by atoms with E-state index >= 15 is 0 Å². The van der Waals surface area contributed by atoms with Crippen LogP contribution in [0.4, 0.5) is 0 Å². The second kappa shape index (κ2) is 4.76. The molecule has 94 valence electrons. The van der Waals surface area contributed by atoms with Crippen LogP contribution in [0.3, 0.4) is 0 Å². The second-order valence-electron chi connectivity index (χ2n) is 4.67. The third-order valence-corrected chi connectivity index (χ3v) is 3.66. The van der Waals surface area contributed by atoms with Crippen molar-refractivity contribution in [2.24, 2.45) is 5.73 Å². The molecule has 0 radical (unpaired) electrons. The van der Waals surface area contributed by atoms with Gasteiger partial charge in [0, 0.05) is 31.7 Å². The summed E-state index contributed by atoms with van der Waals surface area (Å²) in [6, 6.07) is 0.452. The Morgan fingerprint density at radius 3 is 2.82 bits per heavy atom. The van der Waals surface area contributed by atoms with E-state index in [9.17, 15) is 0 Å². The Hall–Kier alpha value is -0.910. The average molecular weight is 237 g/mol. The normalized spacial score (nSPS) is 21.5. The first-order valence-corrected chi connectivity index (χ1v) is 6.35. The van der Waals surface area contributed by atoms with Crippen LogP contribution in [0.5, 0.6) is 0 Å². The first-order chi connectivity index (χ1) is 8.40. The Balaban J connectivity index is 1.94. The van der Waals surface area contributed by atoms with Crippen LogP contribution in [0.1, 0.15) is 35.8 Å². The molecular formula is C12H19N3O2. The molecule has 1 fully saturated rings. The van der Waals surface area contributed by atoms with Gasteiger partial charge < -0.3 is 15.2 Å². The summed E-state index contributed by atoms with van der Waals surface area (Å²) in [6.45, 7) is 3.65. The number of hydrogen-bond acceptors (Lipinski definition) is 4. The van der Waals surface area contributed by atoms with Crippen LogP contribution in [0.2, 0.25) is 0 Å². The van der Waals surface area contributed by atoms with E-state index in [0.29, 0.717) is 19.2 Å². The first kappa shape index (κ1) is 11.2. The molecule has 5 heteroatoms. The van der Waals surface area contributed by atoms with Crippen LogP contribution >= 0.6 is 0 Å². The number of aromatic nitrogens is 2. The Labute approximate surface area is 101 Å². The molecule has 17 heavy (non-hydrogen) atoms. The zero-order chi connectivity index (χ0) is 11.7. The molecule has 0 spiro atoms. The molecule has 2 aliphatic heterocycles. The minimum atomic E-state index is 0.452. The van der Waals surface area contributed by atoms with E-state index in [1.165, 1.54) is 11.3 Å². The fourth-order valence-corrected chi connectivity index (χ4v) is 2.71. The second-order valence-corrected chi connectivity index (χ2v) is 4.67. The molecule has 5 nitrogen and oxygen atoms in total.